The molecule has 0 unspecified atom stereocenters. The molecule has 0 spiro atoms. The Labute approximate surface area is 131 Å². The third-order valence-electron chi connectivity index (χ3n) is 2.03. The lowest BCUT2D eigenvalue weighted by Crippen LogP contribution is -2.24. The summed E-state index contributed by atoms with van der Waals surface area (Å²) in [6.45, 7) is 3.10. The molecule has 0 heterocycles. The van der Waals surface area contributed by atoms with E-state index in [9.17, 15) is 0 Å². The van der Waals surface area contributed by atoms with Gasteiger partial charge in [-0.2, -0.15) is 0 Å². The predicted octanol–water partition coefficient (Wildman–Crippen LogP) is 1.22. The number of methoxy groups -OCH3 is 1. The van der Waals surface area contributed by atoms with Crippen LogP contribution in [-0.4, -0.2) is 55.6 Å². The van der Waals surface area contributed by atoms with Gasteiger partial charge in [-0.3, -0.25) is 0 Å². The highest BCUT2D eigenvalue weighted by atomic mass is 79.9. The number of carbonyl (C=O) groups is 2. The number of nitrogens with one attached hydrogen (secondary N) is 1. The molecule has 0 aliphatic carbocycles. The van der Waals surface area contributed by atoms with Gasteiger partial charge < -0.3 is 25.0 Å². The van der Waals surface area contributed by atoms with Crippen LogP contribution in [0.15, 0.2) is 28.7 Å². The third-order valence-corrected chi connectivity index (χ3v) is 2.56. The Balaban J connectivity index is 0.000000567. The second kappa shape index (κ2) is 12.1. The number of carboxylic acid groups (broad SMARTS) is 2. The first-order valence-electron chi connectivity index (χ1n) is 6.01. The topological polar surface area (TPSA) is 105 Å². The van der Waals surface area contributed by atoms with Crippen LogP contribution in [0.5, 0.6) is 5.75 Å². The standard InChI is InChI=1S/C11H16BrNO2.C2H2O4/c1-14-8-6-13-7-9-15-11-4-2-10(12)3-5-11;3-1(4)2(5)6/h2-5,13H,6-9H2,1H3;(H,3,4)(H,5,6). The fourth-order valence-corrected chi connectivity index (χ4v) is 1.34. The second-order valence-electron chi connectivity index (χ2n) is 3.66. The van der Waals surface area contributed by atoms with E-state index in [-0.39, 0.29) is 0 Å². The number of halogens is 1. The van der Waals surface area contributed by atoms with E-state index in [0.717, 1.165) is 29.9 Å². The highest BCUT2D eigenvalue weighted by Crippen LogP contribution is 2.15. The van der Waals surface area contributed by atoms with Gasteiger partial charge in [0.05, 0.1) is 6.61 Å². The molecule has 1 aromatic rings. The van der Waals surface area contributed by atoms with Crippen LogP contribution < -0.4 is 10.1 Å². The Hall–Kier alpha value is -1.64. The van der Waals surface area contributed by atoms with E-state index in [1.807, 2.05) is 24.3 Å². The number of benzene rings is 1. The lowest BCUT2D eigenvalue weighted by Gasteiger charge is -2.07. The Morgan fingerprint density at radius 2 is 1.62 bits per heavy atom. The van der Waals surface area contributed by atoms with Crippen LogP contribution in [0.4, 0.5) is 0 Å². The minimum absolute atomic E-state index is 0.672. The van der Waals surface area contributed by atoms with Crippen molar-refractivity contribution in [3.05, 3.63) is 28.7 Å². The van der Waals surface area contributed by atoms with Crippen molar-refractivity contribution in [2.75, 3.05) is 33.4 Å². The molecule has 0 radical (unpaired) electrons. The molecule has 21 heavy (non-hydrogen) atoms. The maximum atomic E-state index is 9.10. The lowest BCUT2D eigenvalue weighted by molar-refractivity contribution is -0.159. The smallest absolute Gasteiger partial charge is 0.414 e. The highest BCUT2D eigenvalue weighted by molar-refractivity contribution is 9.10. The van der Waals surface area contributed by atoms with Crippen LogP contribution in [0, 0.1) is 0 Å². The van der Waals surface area contributed by atoms with Crippen LogP contribution in [0.25, 0.3) is 0 Å². The van der Waals surface area contributed by atoms with E-state index in [1.54, 1.807) is 7.11 Å². The third kappa shape index (κ3) is 11.9. The Kier molecular flexibility index (Phi) is 11.2. The van der Waals surface area contributed by atoms with Crippen molar-refractivity contribution in [3.8, 4) is 5.75 Å². The van der Waals surface area contributed by atoms with E-state index >= 15 is 0 Å². The van der Waals surface area contributed by atoms with Gasteiger partial charge in [0, 0.05) is 24.7 Å². The average Bonchev–Trinajstić information content (AvgIpc) is 2.45. The van der Waals surface area contributed by atoms with Crippen molar-refractivity contribution in [2.24, 2.45) is 0 Å². The van der Waals surface area contributed by atoms with Crippen molar-refractivity contribution in [1.82, 2.24) is 5.32 Å². The molecule has 1 rings (SSSR count). The van der Waals surface area contributed by atoms with Crippen molar-refractivity contribution < 1.29 is 29.3 Å². The summed E-state index contributed by atoms with van der Waals surface area (Å²) in [6.07, 6.45) is 0. The zero-order chi connectivity index (χ0) is 16.1. The summed E-state index contributed by atoms with van der Waals surface area (Å²) in [7, 11) is 1.69. The van der Waals surface area contributed by atoms with Crippen LogP contribution in [0.2, 0.25) is 0 Å². The van der Waals surface area contributed by atoms with Gasteiger partial charge in [0.15, 0.2) is 0 Å². The molecule has 0 aliphatic rings. The maximum Gasteiger partial charge on any atom is 0.414 e. The molecule has 3 N–H and O–H groups in total. The highest BCUT2D eigenvalue weighted by Gasteiger charge is 2.04. The minimum Gasteiger partial charge on any atom is -0.492 e. The van der Waals surface area contributed by atoms with E-state index in [2.05, 4.69) is 21.2 Å². The van der Waals surface area contributed by atoms with E-state index in [0.29, 0.717) is 6.61 Å². The molecule has 0 fully saturated rings. The number of ether oxygens (including phenoxy) is 2. The lowest BCUT2D eigenvalue weighted by atomic mass is 10.3. The van der Waals surface area contributed by atoms with Crippen molar-refractivity contribution in [2.45, 2.75) is 0 Å². The second-order valence-corrected chi connectivity index (χ2v) is 4.57. The molecule has 0 atom stereocenters. The van der Waals surface area contributed by atoms with E-state index < -0.39 is 11.9 Å². The normalized spacial score (nSPS) is 9.43. The Bertz CT molecular complexity index is 411. The van der Waals surface area contributed by atoms with Gasteiger partial charge >= 0.3 is 11.9 Å². The fraction of sp³-hybridized carbons (Fsp3) is 0.385. The van der Waals surface area contributed by atoms with Gasteiger partial charge in [0.25, 0.3) is 0 Å². The monoisotopic (exact) mass is 363 g/mol. The summed E-state index contributed by atoms with van der Waals surface area (Å²) in [5.74, 6) is -2.75. The van der Waals surface area contributed by atoms with Crippen molar-refractivity contribution in [1.29, 1.82) is 0 Å². The molecule has 8 heteroatoms. The molecule has 0 aromatic heterocycles. The molecule has 0 saturated carbocycles. The molecule has 0 bridgehead atoms. The van der Waals surface area contributed by atoms with Crippen LogP contribution in [-0.2, 0) is 14.3 Å². The zero-order valence-electron chi connectivity index (χ0n) is 11.5. The Morgan fingerprint density at radius 1 is 1.10 bits per heavy atom. The first-order chi connectivity index (χ1) is 9.97. The van der Waals surface area contributed by atoms with Crippen LogP contribution in [0.3, 0.4) is 0 Å². The minimum atomic E-state index is -1.82. The first-order valence-corrected chi connectivity index (χ1v) is 6.81. The van der Waals surface area contributed by atoms with Gasteiger partial charge in [0.1, 0.15) is 12.4 Å². The molecule has 7 nitrogen and oxygen atoms in total. The molecule has 1 aromatic carbocycles. The van der Waals surface area contributed by atoms with Crippen LogP contribution >= 0.6 is 15.9 Å². The first kappa shape index (κ1) is 19.4. The van der Waals surface area contributed by atoms with Crippen molar-refractivity contribution in [3.63, 3.8) is 0 Å². The summed E-state index contributed by atoms with van der Waals surface area (Å²) in [5, 5.41) is 18.0. The quantitative estimate of drug-likeness (QED) is 0.494. The summed E-state index contributed by atoms with van der Waals surface area (Å²) in [6, 6.07) is 7.82. The van der Waals surface area contributed by atoms with Gasteiger partial charge in [-0.1, -0.05) is 15.9 Å². The molecule has 118 valence electrons. The van der Waals surface area contributed by atoms with Crippen molar-refractivity contribution >= 4 is 27.9 Å². The maximum absolute atomic E-state index is 9.10. The SMILES string of the molecule is COCCNCCOc1ccc(Br)cc1.O=C(O)C(=O)O. The van der Waals surface area contributed by atoms with Gasteiger partial charge in [-0.25, -0.2) is 9.59 Å². The van der Waals surface area contributed by atoms with E-state index in [1.165, 1.54) is 0 Å². The zero-order valence-corrected chi connectivity index (χ0v) is 13.1. The van der Waals surface area contributed by atoms with Gasteiger partial charge in [-0.05, 0) is 24.3 Å². The predicted molar refractivity (Wildman–Crippen MR) is 79.7 cm³/mol. The number of hydrogen-bond donors (Lipinski definition) is 3. The molecule has 0 amide bonds. The molecular formula is C13H18BrNO6. The molecular weight excluding hydrogens is 346 g/mol. The van der Waals surface area contributed by atoms with Gasteiger partial charge in [-0.15, -0.1) is 0 Å². The van der Waals surface area contributed by atoms with Crippen LogP contribution in [0.1, 0.15) is 0 Å². The molecule has 0 aliphatic heterocycles. The molecule has 0 saturated heterocycles. The number of rotatable bonds is 7. The summed E-state index contributed by atoms with van der Waals surface area (Å²) < 4.78 is 11.5. The average molecular weight is 364 g/mol. The Morgan fingerprint density at radius 3 is 2.10 bits per heavy atom. The number of carboxylic acids is 2. The number of aliphatic carboxylic acids is 2. The summed E-state index contributed by atoms with van der Waals surface area (Å²) in [4.78, 5) is 18.2. The summed E-state index contributed by atoms with van der Waals surface area (Å²) in [5.41, 5.74) is 0. The van der Waals surface area contributed by atoms with Gasteiger partial charge in [0.2, 0.25) is 0 Å². The number of hydrogen-bond acceptors (Lipinski definition) is 5. The summed E-state index contributed by atoms with van der Waals surface area (Å²) >= 11 is 3.37. The fourth-order valence-electron chi connectivity index (χ4n) is 1.07. The van der Waals surface area contributed by atoms with E-state index in [4.69, 9.17) is 29.3 Å². The largest absolute Gasteiger partial charge is 0.492 e.